The Kier molecular flexibility index (Phi) is 15.9. The fourth-order valence-corrected chi connectivity index (χ4v) is 4.22. The fourth-order valence-electron chi connectivity index (χ4n) is 4.22. The Morgan fingerprint density at radius 1 is 0.794 bits per heavy atom. The first kappa shape index (κ1) is 30.4. The predicted molar refractivity (Wildman–Crippen MR) is 138 cm³/mol. The lowest BCUT2D eigenvalue weighted by Crippen LogP contribution is -2.38. The first-order valence-corrected chi connectivity index (χ1v) is 13.2. The van der Waals surface area contributed by atoms with Gasteiger partial charge in [-0.2, -0.15) is 0 Å². The second kappa shape index (κ2) is 17.8. The molecule has 6 nitrogen and oxygen atoms in total. The summed E-state index contributed by atoms with van der Waals surface area (Å²) in [6.45, 7) is 11.4. The Labute approximate surface area is 208 Å². The molecule has 0 aliphatic heterocycles. The molecule has 0 bridgehead atoms. The maximum atomic E-state index is 12.1. The van der Waals surface area contributed by atoms with Crippen LogP contribution in [0.15, 0.2) is 30.3 Å². The Balaban J connectivity index is 2.33. The van der Waals surface area contributed by atoms with E-state index in [0.717, 1.165) is 51.4 Å². The Morgan fingerprint density at radius 3 is 1.97 bits per heavy atom. The van der Waals surface area contributed by atoms with Crippen LogP contribution >= 0.6 is 0 Å². The second-order valence-corrected chi connectivity index (χ2v) is 8.98. The normalized spacial score (nSPS) is 12.0. The number of methoxy groups -OCH3 is 1. The van der Waals surface area contributed by atoms with E-state index in [1.165, 1.54) is 5.56 Å². The SMILES string of the molecule is CCC(CC)(CCOC(=O)NCCCCc1ccccc1)OCCC(CC)(CC)OCCOC. The molecule has 1 N–H and O–H groups in total. The van der Waals surface area contributed by atoms with E-state index in [4.69, 9.17) is 18.9 Å². The number of carbonyl (C=O) groups is 1. The molecule has 1 aromatic rings. The topological polar surface area (TPSA) is 66.0 Å². The van der Waals surface area contributed by atoms with Crippen molar-refractivity contribution < 1.29 is 23.7 Å². The summed E-state index contributed by atoms with van der Waals surface area (Å²) in [5.74, 6) is 0. The van der Waals surface area contributed by atoms with E-state index in [0.29, 0.717) is 39.4 Å². The van der Waals surface area contributed by atoms with E-state index in [1.54, 1.807) is 7.11 Å². The lowest BCUT2D eigenvalue weighted by atomic mass is 9.91. The van der Waals surface area contributed by atoms with Gasteiger partial charge in [0, 0.05) is 20.1 Å². The number of unbranched alkanes of at least 4 members (excludes halogenated alkanes) is 1. The van der Waals surface area contributed by atoms with Crippen LogP contribution in [0.1, 0.15) is 84.6 Å². The lowest BCUT2D eigenvalue weighted by Gasteiger charge is -2.36. The first-order chi connectivity index (χ1) is 16.5. The van der Waals surface area contributed by atoms with Gasteiger partial charge in [-0.05, 0) is 56.9 Å². The third-order valence-electron chi connectivity index (χ3n) is 7.03. The second-order valence-electron chi connectivity index (χ2n) is 8.98. The standard InChI is InChI=1S/C28H49NO5/c1-6-27(7-2,33-22-19-28(8-3,9-4)34-24-23-31-5)18-21-32-26(30)29-20-14-13-17-25-15-11-10-12-16-25/h10-12,15-16H,6-9,13-14,17-24H2,1-5H3,(H,29,30). The van der Waals surface area contributed by atoms with E-state index < -0.39 is 0 Å². The van der Waals surface area contributed by atoms with Gasteiger partial charge in [-0.15, -0.1) is 0 Å². The predicted octanol–water partition coefficient (Wildman–Crippen LogP) is 6.31. The number of alkyl carbamates (subject to hydrolysis) is 1. The average molecular weight is 480 g/mol. The van der Waals surface area contributed by atoms with Gasteiger partial charge in [0.25, 0.3) is 0 Å². The molecule has 0 spiro atoms. The molecule has 0 radical (unpaired) electrons. The van der Waals surface area contributed by atoms with Crippen LogP contribution in [0.3, 0.4) is 0 Å². The first-order valence-electron chi connectivity index (χ1n) is 13.2. The number of aryl methyl sites for hydroxylation is 1. The average Bonchev–Trinajstić information content (AvgIpc) is 2.87. The number of benzene rings is 1. The van der Waals surface area contributed by atoms with Gasteiger partial charge in [0.05, 0.1) is 37.6 Å². The highest BCUT2D eigenvalue weighted by atomic mass is 16.6. The molecular weight excluding hydrogens is 430 g/mol. The summed E-state index contributed by atoms with van der Waals surface area (Å²) in [6.07, 6.45) is 7.83. The van der Waals surface area contributed by atoms with Crippen molar-refractivity contribution in [2.75, 3.05) is 40.1 Å². The number of rotatable bonds is 20. The molecule has 0 unspecified atom stereocenters. The summed E-state index contributed by atoms with van der Waals surface area (Å²) >= 11 is 0. The smallest absolute Gasteiger partial charge is 0.407 e. The highest BCUT2D eigenvalue weighted by Gasteiger charge is 2.31. The third-order valence-corrected chi connectivity index (χ3v) is 7.03. The van der Waals surface area contributed by atoms with Gasteiger partial charge in [0.1, 0.15) is 0 Å². The van der Waals surface area contributed by atoms with E-state index in [-0.39, 0.29) is 17.3 Å². The van der Waals surface area contributed by atoms with Gasteiger partial charge in [0.2, 0.25) is 0 Å². The Morgan fingerprint density at radius 2 is 1.38 bits per heavy atom. The highest BCUT2D eigenvalue weighted by molar-refractivity contribution is 5.66. The van der Waals surface area contributed by atoms with Crippen LogP contribution in [0.5, 0.6) is 0 Å². The lowest BCUT2D eigenvalue weighted by molar-refractivity contribution is -0.115. The van der Waals surface area contributed by atoms with E-state index >= 15 is 0 Å². The van der Waals surface area contributed by atoms with Crippen LogP contribution in [0, 0.1) is 0 Å². The molecule has 196 valence electrons. The summed E-state index contributed by atoms with van der Waals surface area (Å²) in [4.78, 5) is 12.1. The largest absolute Gasteiger partial charge is 0.449 e. The maximum absolute atomic E-state index is 12.1. The van der Waals surface area contributed by atoms with E-state index in [9.17, 15) is 4.79 Å². The van der Waals surface area contributed by atoms with Crippen molar-refractivity contribution in [2.24, 2.45) is 0 Å². The van der Waals surface area contributed by atoms with Crippen LogP contribution in [0.4, 0.5) is 4.79 Å². The van der Waals surface area contributed by atoms with Crippen molar-refractivity contribution in [1.29, 1.82) is 0 Å². The summed E-state index contributed by atoms with van der Waals surface area (Å²) < 4.78 is 23.2. The molecule has 0 saturated carbocycles. The quantitative estimate of drug-likeness (QED) is 0.222. The van der Waals surface area contributed by atoms with Crippen LogP contribution < -0.4 is 5.32 Å². The van der Waals surface area contributed by atoms with Crippen molar-refractivity contribution >= 4 is 6.09 Å². The molecule has 0 heterocycles. The summed E-state index contributed by atoms with van der Waals surface area (Å²) in [5, 5.41) is 2.87. The minimum absolute atomic E-state index is 0.178. The minimum Gasteiger partial charge on any atom is -0.449 e. The van der Waals surface area contributed by atoms with Gasteiger partial charge in [-0.1, -0.05) is 58.0 Å². The number of hydrogen-bond acceptors (Lipinski definition) is 5. The number of nitrogens with one attached hydrogen (secondary N) is 1. The van der Waals surface area contributed by atoms with Crippen molar-refractivity contribution in [3.63, 3.8) is 0 Å². The molecule has 0 aliphatic carbocycles. The number of amides is 1. The van der Waals surface area contributed by atoms with E-state index in [1.807, 2.05) is 6.07 Å². The van der Waals surface area contributed by atoms with Crippen LogP contribution in [-0.4, -0.2) is 57.4 Å². The summed E-state index contributed by atoms with van der Waals surface area (Å²) in [6, 6.07) is 10.4. The fraction of sp³-hybridized carbons (Fsp3) is 0.750. The van der Waals surface area contributed by atoms with Gasteiger partial charge >= 0.3 is 6.09 Å². The molecule has 6 heteroatoms. The molecule has 1 amide bonds. The monoisotopic (exact) mass is 479 g/mol. The summed E-state index contributed by atoms with van der Waals surface area (Å²) in [5.41, 5.74) is 0.871. The highest BCUT2D eigenvalue weighted by Crippen LogP contribution is 2.29. The van der Waals surface area contributed by atoms with Gasteiger partial charge in [-0.25, -0.2) is 4.79 Å². The van der Waals surface area contributed by atoms with Crippen LogP contribution in [0.2, 0.25) is 0 Å². The molecule has 0 aliphatic rings. The van der Waals surface area contributed by atoms with Crippen molar-refractivity contribution in [2.45, 2.75) is 96.7 Å². The molecular formula is C28H49NO5. The number of hydrogen-bond donors (Lipinski definition) is 1. The molecule has 0 fully saturated rings. The Bertz CT molecular complexity index is 629. The molecule has 0 saturated heterocycles. The van der Waals surface area contributed by atoms with Gasteiger partial charge < -0.3 is 24.3 Å². The minimum atomic E-state index is -0.344. The Hall–Kier alpha value is -1.63. The van der Waals surface area contributed by atoms with Gasteiger partial charge in [-0.3, -0.25) is 0 Å². The van der Waals surface area contributed by atoms with Crippen molar-refractivity contribution in [3.05, 3.63) is 35.9 Å². The maximum Gasteiger partial charge on any atom is 0.407 e. The number of carbonyl (C=O) groups excluding carboxylic acids is 1. The molecule has 1 aromatic carbocycles. The van der Waals surface area contributed by atoms with E-state index in [2.05, 4.69) is 57.3 Å². The third kappa shape index (κ3) is 11.7. The molecule has 0 atom stereocenters. The zero-order valence-corrected chi connectivity index (χ0v) is 22.3. The molecule has 1 rings (SSSR count). The van der Waals surface area contributed by atoms with Crippen molar-refractivity contribution in [3.8, 4) is 0 Å². The zero-order chi connectivity index (χ0) is 25.1. The van der Waals surface area contributed by atoms with Crippen LogP contribution in [0.25, 0.3) is 0 Å². The summed E-state index contributed by atoms with van der Waals surface area (Å²) in [7, 11) is 1.69. The molecule has 0 aromatic heterocycles. The van der Waals surface area contributed by atoms with Gasteiger partial charge in [0.15, 0.2) is 0 Å². The van der Waals surface area contributed by atoms with Crippen LogP contribution in [-0.2, 0) is 25.4 Å². The molecule has 34 heavy (non-hydrogen) atoms. The van der Waals surface area contributed by atoms with Crippen molar-refractivity contribution in [1.82, 2.24) is 5.32 Å². The number of ether oxygens (including phenoxy) is 4. The zero-order valence-electron chi connectivity index (χ0n) is 22.3.